The fraction of sp³-hybridized carbons (Fsp3) is 0.286. The van der Waals surface area contributed by atoms with Crippen molar-refractivity contribution in [2.45, 2.75) is 38.2 Å². The van der Waals surface area contributed by atoms with Crippen LogP contribution in [0.25, 0.3) is 10.2 Å². The molecule has 3 aromatic rings. The van der Waals surface area contributed by atoms with Crippen molar-refractivity contribution in [1.82, 2.24) is 4.98 Å². The number of hydrogen-bond acceptors (Lipinski definition) is 5. The van der Waals surface area contributed by atoms with Crippen LogP contribution in [-0.4, -0.2) is 27.6 Å². The maximum Gasteiger partial charge on any atom is 0.253 e. The second-order valence-corrected chi connectivity index (χ2v) is 8.99. The first-order valence-corrected chi connectivity index (χ1v) is 10.4. The van der Waals surface area contributed by atoms with Gasteiger partial charge in [-0.15, -0.1) is 11.6 Å². The van der Waals surface area contributed by atoms with Crippen LogP contribution in [0.2, 0.25) is 0 Å². The lowest BCUT2D eigenvalue weighted by molar-refractivity contribution is -0.126. The van der Waals surface area contributed by atoms with Crippen LogP contribution in [0.4, 0.5) is 10.8 Å². The number of rotatable bonds is 2. The third kappa shape index (κ3) is 2.34. The molecule has 1 fully saturated rings. The first kappa shape index (κ1) is 17.6. The van der Waals surface area contributed by atoms with E-state index >= 15 is 0 Å². The van der Waals surface area contributed by atoms with Gasteiger partial charge in [0.15, 0.2) is 16.2 Å². The van der Waals surface area contributed by atoms with Crippen LogP contribution in [0.1, 0.15) is 24.5 Å². The van der Waals surface area contributed by atoms with Crippen LogP contribution in [0.15, 0.2) is 47.6 Å². The van der Waals surface area contributed by atoms with Crippen LogP contribution in [0.5, 0.6) is 0 Å². The molecule has 5 nitrogen and oxygen atoms in total. The highest BCUT2D eigenvalue weighted by Gasteiger charge is 2.67. The number of β-lactam (4-membered cyclic amide) rings is 1. The zero-order valence-electron chi connectivity index (χ0n) is 15.8. The third-order valence-corrected chi connectivity index (χ3v) is 6.93. The molecule has 2 aliphatic rings. The molecule has 1 amide bonds. The van der Waals surface area contributed by atoms with Crippen LogP contribution >= 0.6 is 22.9 Å². The van der Waals surface area contributed by atoms with Gasteiger partial charge < -0.3 is 0 Å². The Morgan fingerprint density at radius 2 is 1.82 bits per heavy atom. The van der Waals surface area contributed by atoms with Crippen LogP contribution in [0.3, 0.4) is 0 Å². The Hall–Kier alpha value is -2.44. The normalized spacial score (nSPS) is 24.2. The predicted octanol–water partition coefficient (Wildman–Crippen LogP) is 4.85. The minimum atomic E-state index is -0.749. The van der Waals surface area contributed by atoms with E-state index in [-0.39, 0.29) is 5.91 Å². The predicted molar refractivity (Wildman–Crippen MR) is 116 cm³/mol. The number of hydrogen-bond donors (Lipinski definition) is 0. The first-order chi connectivity index (χ1) is 13.4. The lowest BCUT2D eigenvalue weighted by Crippen LogP contribution is -2.78. The van der Waals surface area contributed by atoms with E-state index in [1.165, 1.54) is 22.5 Å². The maximum atomic E-state index is 12.9. The zero-order valence-corrected chi connectivity index (χ0v) is 17.4. The molecule has 1 saturated heterocycles. The average molecular weight is 411 g/mol. The highest BCUT2D eigenvalue weighted by Crippen LogP contribution is 2.51. The van der Waals surface area contributed by atoms with Crippen molar-refractivity contribution in [3.63, 3.8) is 0 Å². The van der Waals surface area contributed by atoms with Gasteiger partial charge in [0.1, 0.15) is 0 Å². The van der Waals surface area contributed by atoms with Gasteiger partial charge in [0.05, 0.1) is 15.9 Å². The molecule has 0 saturated carbocycles. The van der Waals surface area contributed by atoms with Gasteiger partial charge in [-0.25, -0.2) is 9.99 Å². The molecule has 1 aromatic heterocycles. The topological polar surface area (TPSA) is 48.8 Å². The van der Waals surface area contributed by atoms with Crippen molar-refractivity contribution in [2.24, 2.45) is 5.10 Å². The van der Waals surface area contributed by atoms with Crippen molar-refractivity contribution >= 4 is 55.6 Å². The summed E-state index contributed by atoms with van der Waals surface area (Å²) in [5, 5.41) is 6.64. The van der Waals surface area contributed by atoms with E-state index in [9.17, 15) is 4.79 Å². The molecule has 5 rings (SSSR count). The molecule has 2 aliphatic heterocycles. The van der Waals surface area contributed by atoms with Gasteiger partial charge in [-0.1, -0.05) is 35.1 Å². The number of halogens is 1. The Morgan fingerprint density at radius 3 is 2.57 bits per heavy atom. The molecule has 1 spiro atoms. The minimum absolute atomic E-state index is 0.126. The smallest absolute Gasteiger partial charge is 0.253 e. The monoisotopic (exact) mass is 410 g/mol. The van der Waals surface area contributed by atoms with Crippen molar-refractivity contribution in [3.05, 3.63) is 53.6 Å². The molecule has 0 aliphatic carbocycles. The number of anilines is 2. The van der Waals surface area contributed by atoms with Crippen molar-refractivity contribution in [3.8, 4) is 0 Å². The molecular formula is C21H19ClN4OS. The maximum absolute atomic E-state index is 12.9. The molecule has 0 N–H and O–H groups in total. The van der Waals surface area contributed by atoms with Gasteiger partial charge in [0.2, 0.25) is 0 Å². The van der Waals surface area contributed by atoms with Crippen LogP contribution in [-0.2, 0) is 4.79 Å². The molecule has 0 bridgehead atoms. The van der Waals surface area contributed by atoms with E-state index in [0.29, 0.717) is 11.6 Å². The van der Waals surface area contributed by atoms with E-state index in [4.69, 9.17) is 21.7 Å². The molecule has 2 aromatic carbocycles. The summed E-state index contributed by atoms with van der Waals surface area (Å²) in [6.45, 7) is 6.07. The number of alkyl halides is 1. The Morgan fingerprint density at radius 1 is 1.11 bits per heavy atom. The first-order valence-electron chi connectivity index (χ1n) is 9.16. The van der Waals surface area contributed by atoms with Gasteiger partial charge in [-0.05, 0) is 50.6 Å². The van der Waals surface area contributed by atoms with Crippen molar-refractivity contribution in [1.29, 1.82) is 0 Å². The quantitative estimate of drug-likeness (QED) is 0.448. The summed E-state index contributed by atoms with van der Waals surface area (Å²) in [5.74, 6) is -0.126. The summed E-state index contributed by atoms with van der Waals surface area (Å²) >= 11 is 8.16. The van der Waals surface area contributed by atoms with Gasteiger partial charge in [0.25, 0.3) is 5.91 Å². The van der Waals surface area contributed by atoms with Gasteiger partial charge in [-0.3, -0.25) is 9.69 Å². The number of amides is 1. The summed E-state index contributed by atoms with van der Waals surface area (Å²) in [4.78, 5) is 19.4. The number of aromatic nitrogens is 1. The fourth-order valence-electron chi connectivity index (χ4n) is 4.01. The molecule has 142 valence electrons. The fourth-order valence-corrected chi connectivity index (χ4v) is 5.51. The molecule has 2 atom stereocenters. The number of nitrogens with zero attached hydrogens (tertiary/aromatic N) is 4. The van der Waals surface area contributed by atoms with E-state index in [1.807, 2.05) is 55.3 Å². The third-order valence-electron chi connectivity index (χ3n) is 5.39. The molecular weight excluding hydrogens is 392 g/mol. The lowest BCUT2D eigenvalue weighted by Gasteiger charge is -2.55. The Labute approximate surface area is 172 Å². The standard InChI is InChI=1S/C21H19ClN4OS/c1-12-4-7-15(8-5-12)26-21(11-14(3)24-26)18(22)19(27)25(21)20-23-16-9-6-13(2)10-17(16)28-20/h4-10,18H,11H2,1-3H3. The van der Waals surface area contributed by atoms with E-state index in [1.54, 1.807) is 4.90 Å². The number of carbonyl (C=O) groups excluding carboxylic acids is 1. The molecule has 28 heavy (non-hydrogen) atoms. The largest absolute Gasteiger partial charge is 0.272 e. The number of hydrazone groups is 1. The summed E-state index contributed by atoms with van der Waals surface area (Å²) < 4.78 is 1.06. The summed E-state index contributed by atoms with van der Waals surface area (Å²) in [7, 11) is 0. The van der Waals surface area contributed by atoms with E-state index in [2.05, 4.69) is 13.0 Å². The molecule has 2 unspecified atom stereocenters. The molecule has 3 heterocycles. The Kier molecular flexibility index (Phi) is 3.80. The lowest BCUT2D eigenvalue weighted by atomic mass is 9.88. The molecule has 0 radical (unpaired) electrons. The summed E-state index contributed by atoms with van der Waals surface area (Å²) in [6, 6.07) is 14.2. The van der Waals surface area contributed by atoms with Crippen molar-refractivity contribution in [2.75, 3.05) is 9.91 Å². The Balaban J connectivity index is 1.63. The van der Waals surface area contributed by atoms with Crippen LogP contribution in [0, 0.1) is 13.8 Å². The number of carbonyl (C=O) groups is 1. The van der Waals surface area contributed by atoms with Gasteiger partial charge in [-0.2, -0.15) is 5.10 Å². The SMILES string of the molecule is CC1=NN(c2ccc(C)cc2)C2(C1)C(Cl)C(=O)N2c1nc2ccc(C)cc2s1. The summed E-state index contributed by atoms with van der Waals surface area (Å²) in [6.07, 6.45) is 0.593. The van der Waals surface area contributed by atoms with Crippen molar-refractivity contribution < 1.29 is 4.79 Å². The van der Waals surface area contributed by atoms with E-state index in [0.717, 1.165) is 21.6 Å². The van der Waals surface area contributed by atoms with Gasteiger partial charge >= 0.3 is 0 Å². The highest BCUT2D eigenvalue weighted by atomic mass is 35.5. The minimum Gasteiger partial charge on any atom is -0.272 e. The van der Waals surface area contributed by atoms with E-state index < -0.39 is 11.0 Å². The average Bonchev–Trinajstić information content (AvgIpc) is 3.24. The Bertz CT molecular complexity index is 1140. The summed E-state index contributed by atoms with van der Waals surface area (Å²) in [5.41, 5.74) is 4.35. The number of aryl methyl sites for hydroxylation is 2. The second-order valence-electron chi connectivity index (χ2n) is 7.54. The van der Waals surface area contributed by atoms with Gasteiger partial charge in [0, 0.05) is 12.1 Å². The second kappa shape index (κ2) is 6.03. The number of benzene rings is 2. The van der Waals surface area contributed by atoms with Crippen LogP contribution < -0.4 is 9.91 Å². The number of thiazole rings is 1. The zero-order chi connectivity index (χ0) is 19.6. The number of fused-ring (bicyclic) bond motifs is 1. The highest BCUT2D eigenvalue weighted by molar-refractivity contribution is 7.22. The molecule has 7 heteroatoms.